The third-order valence-corrected chi connectivity index (χ3v) is 4.28. The number of carbonyl (C=O) groups excluding carboxylic acids is 1. The molecule has 0 radical (unpaired) electrons. The monoisotopic (exact) mass is 548 g/mol. The Hall–Kier alpha value is -2.19. The molecule has 0 bridgehead atoms. The van der Waals surface area contributed by atoms with Crippen molar-refractivity contribution < 1.29 is 42.7 Å². The summed E-state index contributed by atoms with van der Waals surface area (Å²) in [5.74, 6) is -0.438. The van der Waals surface area contributed by atoms with Crippen LogP contribution in [-0.4, -0.2) is 117 Å². The normalized spacial score (nSPS) is 12.8. The lowest BCUT2D eigenvalue weighted by Crippen LogP contribution is -2.36. The van der Waals surface area contributed by atoms with Crippen LogP contribution in [0.15, 0.2) is 10.2 Å². The molecule has 0 amide bonds. The van der Waals surface area contributed by atoms with E-state index in [1.807, 2.05) is 6.92 Å². The SMILES string of the molecule is CC(COCCOCCOCCN=[N+]=[N-])(COCCOCCOCCN=[N+]=[N-])COCC(=O)OC(C)(C)C. The van der Waals surface area contributed by atoms with E-state index in [0.29, 0.717) is 79.3 Å². The number of esters is 1. The molecule has 0 N–H and O–H groups in total. The van der Waals surface area contributed by atoms with Crippen LogP contribution in [0.25, 0.3) is 20.9 Å². The van der Waals surface area contributed by atoms with Gasteiger partial charge in [0.1, 0.15) is 12.2 Å². The van der Waals surface area contributed by atoms with Crippen molar-refractivity contribution in [3.05, 3.63) is 20.9 Å². The van der Waals surface area contributed by atoms with E-state index in [1.165, 1.54) is 0 Å². The van der Waals surface area contributed by atoms with E-state index >= 15 is 0 Å². The predicted octanol–water partition coefficient (Wildman–Crippen LogP) is 3.07. The second-order valence-corrected chi connectivity index (χ2v) is 9.35. The quantitative estimate of drug-likeness (QED) is 0.0514. The summed E-state index contributed by atoms with van der Waals surface area (Å²) in [6, 6.07) is 0. The highest BCUT2D eigenvalue weighted by molar-refractivity contribution is 5.71. The molecule has 0 aliphatic heterocycles. The van der Waals surface area contributed by atoms with Crippen molar-refractivity contribution in [3.63, 3.8) is 0 Å². The first kappa shape index (κ1) is 35.8. The molecule has 0 aromatic heterocycles. The first-order valence-corrected chi connectivity index (χ1v) is 12.5. The molecule has 0 unspecified atom stereocenters. The number of ether oxygens (including phenoxy) is 8. The van der Waals surface area contributed by atoms with Gasteiger partial charge in [-0.15, -0.1) is 0 Å². The molecule has 0 rings (SSSR count). The zero-order chi connectivity index (χ0) is 28.4. The van der Waals surface area contributed by atoms with Crippen molar-refractivity contribution >= 4 is 5.97 Å². The Morgan fingerprint density at radius 3 is 1.37 bits per heavy atom. The van der Waals surface area contributed by atoms with Gasteiger partial charge >= 0.3 is 5.97 Å². The Morgan fingerprint density at radius 1 is 0.605 bits per heavy atom. The van der Waals surface area contributed by atoms with Crippen LogP contribution in [0, 0.1) is 5.41 Å². The van der Waals surface area contributed by atoms with Gasteiger partial charge in [0.15, 0.2) is 0 Å². The Labute approximate surface area is 224 Å². The van der Waals surface area contributed by atoms with Crippen molar-refractivity contribution in [2.45, 2.75) is 33.3 Å². The molecule has 0 saturated carbocycles. The molecule has 0 atom stereocenters. The molecule has 0 aliphatic carbocycles. The van der Waals surface area contributed by atoms with Gasteiger partial charge in [-0.25, -0.2) is 4.79 Å². The van der Waals surface area contributed by atoms with Gasteiger partial charge in [0.05, 0.1) is 85.9 Å². The first-order chi connectivity index (χ1) is 18.2. The maximum atomic E-state index is 12.0. The molecule has 0 aromatic carbocycles. The van der Waals surface area contributed by atoms with Crippen molar-refractivity contribution in [3.8, 4) is 0 Å². The third kappa shape index (κ3) is 25.5. The van der Waals surface area contributed by atoms with E-state index in [-0.39, 0.29) is 26.3 Å². The minimum absolute atomic E-state index is 0.168. The fraction of sp³-hybridized carbons (Fsp3) is 0.957. The van der Waals surface area contributed by atoms with Crippen molar-refractivity contribution in [1.82, 2.24) is 0 Å². The maximum Gasteiger partial charge on any atom is 0.332 e. The van der Waals surface area contributed by atoms with E-state index in [9.17, 15) is 4.79 Å². The number of hydrogen-bond acceptors (Lipinski definition) is 11. The van der Waals surface area contributed by atoms with Crippen LogP contribution in [0.4, 0.5) is 0 Å². The smallest absolute Gasteiger partial charge is 0.332 e. The molecule has 0 saturated heterocycles. The van der Waals surface area contributed by atoms with Crippen molar-refractivity contribution in [1.29, 1.82) is 0 Å². The molecular formula is C23H44N6O9. The summed E-state index contributed by atoms with van der Waals surface area (Å²) in [6.45, 7) is 12.4. The van der Waals surface area contributed by atoms with Gasteiger partial charge in [-0.3, -0.25) is 0 Å². The molecule has 0 heterocycles. The molecule has 38 heavy (non-hydrogen) atoms. The Bertz CT molecular complexity index is 657. The summed E-state index contributed by atoms with van der Waals surface area (Å²) in [4.78, 5) is 17.3. The molecule has 220 valence electrons. The van der Waals surface area contributed by atoms with Gasteiger partial charge < -0.3 is 37.9 Å². The van der Waals surface area contributed by atoms with Crippen molar-refractivity contribution in [2.75, 3.05) is 106 Å². The Morgan fingerprint density at radius 2 is 0.974 bits per heavy atom. The summed E-state index contributed by atoms with van der Waals surface area (Å²) >= 11 is 0. The Balaban J connectivity index is 4.24. The number of carbonyl (C=O) groups is 1. The largest absolute Gasteiger partial charge is 0.458 e. The van der Waals surface area contributed by atoms with Gasteiger partial charge in [0.2, 0.25) is 0 Å². The fourth-order valence-electron chi connectivity index (χ4n) is 2.69. The van der Waals surface area contributed by atoms with Crippen LogP contribution in [0.2, 0.25) is 0 Å². The zero-order valence-corrected chi connectivity index (χ0v) is 23.2. The lowest BCUT2D eigenvalue weighted by molar-refractivity contribution is -0.162. The average molecular weight is 549 g/mol. The second-order valence-electron chi connectivity index (χ2n) is 9.35. The van der Waals surface area contributed by atoms with Crippen LogP contribution in [0.1, 0.15) is 27.7 Å². The maximum absolute atomic E-state index is 12.0. The summed E-state index contributed by atoms with van der Waals surface area (Å²) in [5, 5.41) is 6.76. The molecule has 0 aromatic rings. The topological polar surface area (TPSA) is 188 Å². The highest BCUT2D eigenvalue weighted by atomic mass is 16.6. The summed E-state index contributed by atoms with van der Waals surface area (Å²) in [6.07, 6.45) is 0. The predicted molar refractivity (Wildman–Crippen MR) is 138 cm³/mol. The highest BCUT2D eigenvalue weighted by Crippen LogP contribution is 2.19. The molecule has 0 aliphatic rings. The molecule has 0 spiro atoms. The minimum Gasteiger partial charge on any atom is -0.458 e. The van der Waals surface area contributed by atoms with Gasteiger partial charge in [0.25, 0.3) is 0 Å². The van der Waals surface area contributed by atoms with E-state index in [0.717, 1.165) is 0 Å². The van der Waals surface area contributed by atoms with Gasteiger partial charge in [-0.2, -0.15) is 0 Å². The van der Waals surface area contributed by atoms with E-state index in [4.69, 9.17) is 49.0 Å². The van der Waals surface area contributed by atoms with Crippen LogP contribution >= 0.6 is 0 Å². The van der Waals surface area contributed by atoms with Gasteiger partial charge in [-0.1, -0.05) is 17.2 Å². The van der Waals surface area contributed by atoms with E-state index in [2.05, 4.69) is 20.1 Å². The van der Waals surface area contributed by atoms with Crippen LogP contribution in [-0.2, 0) is 42.7 Å². The average Bonchev–Trinajstić information content (AvgIpc) is 2.85. The minimum atomic E-state index is -0.582. The number of azide groups is 2. The van der Waals surface area contributed by atoms with Crippen LogP contribution < -0.4 is 0 Å². The fourth-order valence-corrected chi connectivity index (χ4v) is 2.69. The lowest BCUT2D eigenvalue weighted by Gasteiger charge is -2.29. The highest BCUT2D eigenvalue weighted by Gasteiger charge is 2.27. The molecule has 0 fully saturated rings. The van der Waals surface area contributed by atoms with E-state index in [1.54, 1.807) is 20.8 Å². The molecular weight excluding hydrogens is 504 g/mol. The van der Waals surface area contributed by atoms with Gasteiger partial charge in [0, 0.05) is 28.3 Å². The third-order valence-electron chi connectivity index (χ3n) is 4.28. The first-order valence-electron chi connectivity index (χ1n) is 12.5. The lowest BCUT2D eigenvalue weighted by atomic mass is 9.94. The summed E-state index contributed by atoms with van der Waals surface area (Å²) < 4.78 is 43.9. The van der Waals surface area contributed by atoms with Crippen LogP contribution in [0.3, 0.4) is 0 Å². The molecule has 15 heteroatoms. The summed E-state index contributed by atoms with van der Waals surface area (Å²) in [5.41, 5.74) is 15.3. The zero-order valence-electron chi connectivity index (χ0n) is 23.2. The number of hydrogen-bond donors (Lipinski definition) is 0. The molecule has 15 nitrogen and oxygen atoms in total. The van der Waals surface area contributed by atoms with Gasteiger partial charge in [-0.05, 0) is 31.8 Å². The second kappa shape index (κ2) is 23.9. The van der Waals surface area contributed by atoms with Crippen LogP contribution in [0.5, 0.6) is 0 Å². The van der Waals surface area contributed by atoms with E-state index < -0.39 is 17.0 Å². The van der Waals surface area contributed by atoms with Crippen molar-refractivity contribution in [2.24, 2.45) is 15.6 Å². The number of nitrogens with zero attached hydrogens (tertiary/aromatic N) is 6. The standard InChI is InChI=1S/C23H44N6O9/c1-22(2,3)38-21(30)17-37-20-23(4,18-35-15-13-33-11-9-31-7-5-26-28-24)19-36-16-14-34-12-10-32-8-6-27-29-25/h5-20H2,1-4H3. The number of rotatable bonds is 26. The summed E-state index contributed by atoms with van der Waals surface area (Å²) in [7, 11) is 0. The Kier molecular flexibility index (Phi) is 22.5.